The fourth-order valence-electron chi connectivity index (χ4n) is 1.77. The Morgan fingerprint density at radius 2 is 2.00 bits per heavy atom. The van der Waals surface area contributed by atoms with Crippen molar-refractivity contribution in [2.45, 2.75) is 32.2 Å². The van der Waals surface area contributed by atoms with Gasteiger partial charge in [-0.05, 0) is 17.9 Å². The minimum absolute atomic E-state index is 0. The molecule has 1 heterocycles. The first-order valence-electron chi connectivity index (χ1n) is 6.62. The molecule has 0 aliphatic heterocycles. The summed E-state index contributed by atoms with van der Waals surface area (Å²) in [6, 6.07) is 9.19. The minimum atomic E-state index is -0.566. The van der Waals surface area contributed by atoms with Crippen LogP contribution in [0, 0.1) is 0 Å². The van der Waals surface area contributed by atoms with E-state index in [1.54, 1.807) is 6.20 Å². The average molecular weight is 326 g/mol. The standard InChI is InChI=1S/C15H19N3OS.ClH/c1-10(2)13-9-17-15(20-13)18-14(19)12(16)8-11-6-4-3-5-7-11;/h3-7,9-10,12H,8,16H2,1-2H3,(H,17,18,19);1H/t12-;/m0./s1. The lowest BCUT2D eigenvalue weighted by Crippen LogP contribution is -2.37. The van der Waals surface area contributed by atoms with Gasteiger partial charge >= 0.3 is 0 Å². The molecule has 3 N–H and O–H groups in total. The number of nitrogens with one attached hydrogen (secondary N) is 1. The summed E-state index contributed by atoms with van der Waals surface area (Å²) in [6.07, 6.45) is 2.32. The third kappa shape index (κ3) is 5.12. The first-order valence-corrected chi connectivity index (χ1v) is 7.44. The summed E-state index contributed by atoms with van der Waals surface area (Å²) in [5.74, 6) is 0.217. The first kappa shape index (κ1) is 17.6. The second-order valence-electron chi connectivity index (χ2n) is 5.01. The van der Waals surface area contributed by atoms with E-state index in [0.29, 0.717) is 17.5 Å². The maximum atomic E-state index is 12.0. The summed E-state index contributed by atoms with van der Waals surface area (Å²) in [5.41, 5.74) is 6.98. The van der Waals surface area contributed by atoms with Gasteiger partial charge in [-0.15, -0.1) is 23.7 Å². The number of hydrogen-bond donors (Lipinski definition) is 2. The van der Waals surface area contributed by atoms with Gasteiger partial charge in [-0.1, -0.05) is 44.2 Å². The number of thiazole rings is 1. The zero-order valence-electron chi connectivity index (χ0n) is 12.1. The fourth-order valence-corrected chi connectivity index (χ4v) is 2.59. The number of rotatable bonds is 5. The van der Waals surface area contributed by atoms with Crippen molar-refractivity contribution in [3.8, 4) is 0 Å². The van der Waals surface area contributed by atoms with Crippen LogP contribution in [0.5, 0.6) is 0 Å². The smallest absolute Gasteiger partial charge is 0.243 e. The van der Waals surface area contributed by atoms with Crippen molar-refractivity contribution in [1.82, 2.24) is 4.98 Å². The van der Waals surface area contributed by atoms with E-state index in [1.807, 2.05) is 30.3 Å². The van der Waals surface area contributed by atoms with Crippen molar-refractivity contribution in [2.75, 3.05) is 5.32 Å². The second-order valence-corrected chi connectivity index (χ2v) is 6.07. The van der Waals surface area contributed by atoms with Gasteiger partial charge in [0.15, 0.2) is 5.13 Å². The van der Waals surface area contributed by atoms with Crippen LogP contribution in [-0.2, 0) is 11.2 Å². The lowest BCUT2D eigenvalue weighted by Gasteiger charge is -2.10. The number of nitrogens with zero attached hydrogens (tertiary/aromatic N) is 1. The van der Waals surface area contributed by atoms with E-state index in [0.717, 1.165) is 10.4 Å². The average Bonchev–Trinajstić information content (AvgIpc) is 2.88. The van der Waals surface area contributed by atoms with Crippen molar-refractivity contribution < 1.29 is 4.79 Å². The van der Waals surface area contributed by atoms with Crippen LogP contribution < -0.4 is 11.1 Å². The number of benzene rings is 1. The molecule has 21 heavy (non-hydrogen) atoms. The Morgan fingerprint density at radius 3 is 2.57 bits per heavy atom. The Labute approximate surface area is 135 Å². The van der Waals surface area contributed by atoms with Crippen LogP contribution in [0.2, 0.25) is 0 Å². The molecular formula is C15H20ClN3OS. The zero-order chi connectivity index (χ0) is 14.5. The Kier molecular flexibility index (Phi) is 6.81. The molecule has 0 unspecified atom stereocenters. The molecule has 0 radical (unpaired) electrons. The van der Waals surface area contributed by atoms with Gasteiger partial charge in [0.1, 0.15) is 0 Å². The van der Waals surface area contributed by atoms with Gasteiger partial charge in [-0.25, -0.2) is 4.98 Å². The van der Waals surface area contributed by atoms with Crippen LogP contribution in [-0.4, -0.2) is 16.9 Å². The molecule has 0 bridgehead atoms. The van der Waals surface area contributed by atoms with Gasteiger partial charge in [0.2, 0.25) is 5.91 Å². The van der Waals surface area contributed by atoms with Crippen molar-refractivity contribution in [3.63, 3.8) is 0 Å². The maximum absolute atomic E-state index is 12.0. The third-order valence-electron chi connectivity index (χ3n) is 2.96. The Hall–Kier alpha value is -1.43. The van der Waals surface area contributed by atoms with Gasteiger partial charge in [0.25, 0.3) is 0 Å². The highest BCUT2D eigenvalue weighted by atomic mass is 35.5. The molecule has 1 atom stereocenters. The third-order valence-corrected chi connectivity index (χ3v) is 4.17. The van der Waals surface area contributed by atoms with E-state index < -0.39 is 6.04 Å². The van der Waals surface area contributed by atoms with E-state index >= 15 is 0 Å². The Balaban J connectivity index is 0.00000220. The molecule has 0 saturated carbocycles. The summed E-state index contributed by atoms with van der Waals surface area (Å²) in [6.45, 7) is 4.19. The topological polar surface area (TPSA) is 68.0 Å². The number of nitrogens with two attached hydrogens (primary N) is 1. The quantitative estimate of drug-likeness (QED) is 0.887. The monoisotopic (exact) mass is 325 g/mol. The molecule has 6 heteroatoms. The molecular weight excluding hydrogens is 306 g/mol. The van der Waals surface area contributed by atoms with E-state index in [1.165, 1.54) is 11.3 Å². The van der Waals surface area contributed by atoms with Crippen molar-refractivity contribution in [2.24, 2.45) is 5.73 Å². The van der Waals surface area contributed by atoms with Gasteiger partial charge in [0, 0.05) is 11.1 Å². The number of halogens is 1. The normalized spacial score (nSPS) is 11.8. The molecule has 1 aromatic carbocycles. The van der Waals surface area contributed by atoms with Crippen LogP contribution in [0.15, 0.2) is 36.5 Å². The second kappa shape index (κ2) is 8.12. The molecule has 2 aromatic rings. The lowest BCUT2D eigenvalue weighted by molar-refractivity contribution is -0.117. The Morgan fingerprint density at radius 1 is 1.33 bits per heavy atom. The largest absolute Gasteiger partial charge is 0.320 e. The van der Waals surface area contributed by atoms with E-state index in [4.69, 9.17) is 5.73 Å². The molecule has 4 nitrogen and oxygen atoms in total. The van der Waals surface area contributed by atoms with Gasteiger partial charge in [-0.3, -0.25) is 4.79 Å². The van der Waals surface area contributed by atoms with Crippen LogP contribution in [0.3, 0.4) is 0 Å². The highest BCUT2D eigenvalue weighted by Crippen LogP contribution is 2.25. The predicted octanol–water partition coefficient (Wildman–Crippen LogP) is 3.20. The van der Waals surface area contributed by atoms with Gasteiger partial charge in [0.05, 0.1) is 6.04 Å². The van der Waals surface area contributed by atoms with E-state index in [-0.39, 0.29) is 18.3 Å². The maximum Gasteiger partial charge on any atom is 0.243 e. The molecule has 2 rings (SSSR count). The number of carbonyl (C=O) groups is 1. The molecule has 0 fully saturated rings. The Bertz CT molecular complexity index is 571. The van der Waals surface area contributed by atoms with Crippen LogP contribution in [0.1, 0.15) is 30.2 Å². The van der Waals surface area contributed by atoms with Crippen LogP contribution >= 0.6 is 23.7 Å². The number of hydrogen-bond acceptors (Lipinski definition) is 4. The van der Waals surface area contributed by atoms with Crippen LogP contribution in [0.25, 0.3) is 0 Å². The molecule has 0 aliphatic rings. The molecule has 0 spiro atoms. The summed E-state index contributed by atoms with van der Waals surface area (Å²) < 4.78 is 0. The summed E-state index contributed by atoms with van der Waals surface area (Å²) in [4.78, 5) is 17.4. The minimum Gasteiger partial charge on any atom is -0.320 e. The van der Waals surface area contributed by atoms with E-state index in [9.17, 15) is 4.79 Å². The van der Waals surface area contributed by atoms with Crippen molar-refractivity contribution in [3.05, 3.63) is 47.0 Å². The van der Waals surface area contributed by atoms with Crippen molar-refractivity contribution >= 4 is 34.8 Å². The molecule has 1 amide bonds. The number of anilines is 1. The van der Waals surface area contributed by atoms with Crippen LogP contribution in [0.4, 0.5) is 5.13 Å². The molecule has 0 saturated heterocycles. The van der Waals surface area contributed by atoms with Gasteiger partial charge in [-0.2, -0.15) is 0 Å². The van der Waals surface area contributed by atoms with E-state index in [2.05, 4.69) is 24.1 Å². The first-order chi connectivity index (χ1) is 9.56. The highest BCUT2D eigenvalue weighted by molar-refractivity contribution is 7.15. The molecule has 0 aliphatic carbocycles. The number of amides is 1. The molecule has 1 aromatic heterocycles. The summed E-state index contributed by atoms with van der Waals surface area (Å²) in [5, 5.41) is 3.39. The molecule has 114 valence electrons. The van der Waals surface area contributed by atoms with Gasteiger partial charge < -0.3 is 11.1 Å². The lowest BCUT2D eigenvalue weighted by atomic mass is 10.1. The van der Waals surface area contributed by atoms with Crippen molar-refractivity contribution in [1.29, 1.82) is 0 Å². The number of carbonyl (C=O) groups excluding carboxylic acids is 1. The highest BCUT2D eigenvalue weighted by Gasteiger charge is 2.16. The summed E-state index contributed by atoms with van der Waals surface area (Å²) >= 11 is 1.49. The predicted molar refractivity (Wildman–Crippen MR) is 90.2 cm³/mol. The number of aromatic nitrogens is 1. The summed E-state index contributed by atoms with van der Waals surface area (Å²) in [7, 11) is 0. The fraction of sp³-hybridized carbons (Fsp3) is 0.333. The zero-order valence-corrected chi connectivity index (χ0v) is 13.7. The SMILES string of the molecule is CC(C)c1cnc(NC(=O)[C@@H](N)Cc2ccccc2)s1.Cl.